The van der Waals surface area contributed by atoms with Crippen molar-refractivity contribution in [3.63, 3.8) is 0 Å². The van der Waals surface area contributed by atoms with E-state index < -0.39 is 0 Å². The minimum atomic E-state index is 0. The Hall–Kier alpha value is -0.350. The molecule has 0 unspecified atom stereocenters. The highest BCUT2D eigenvalue weighted by Crippen LogP contribution is 2.33. The lowest BCUT2D eigenvalue weighted by atomic mass is 10.1. The van der Waals surface area contributed by atoms with Crippen molar-refractivity contribution in [3.8, 4) is 10.4 Å². The largest absolute Gasteiger partial charge is 0.324 e. The van der Waals surface area contributed by atoms with Crippen LogP contribution in [0.15, 0.2) is 40.2 Å². The fourth-order valence-electron chi connectivity index (χ4n) is 1.45. The van der Waals surface area contributed by atoms with Gasteiger partial charge in [0.15, 0.2) is 0 Å². The van der Waals surface area contributed by atoms with Gasteiger partial charge in [0.05, 0.1) is 0 Å². The molecule has 1 atom stereocenters. The molecule has 2 rings (SSSR count). The number of rotatable bonds is 2. The third-order valence-corrected chi connectivity index (χ3v) is 3.90. The standard InChI is InChI=1S/C12H12BrNS.ClH/c1-8(14)9-4-5-11(13)10(7-9)12-3-2-6-15-12;/h2-8H,14H2,1H3;1H/t8-;/m1./s1. The molecular formula is C12H13BrClNS. The van der Waals surface area contributed by atoms with E-state index in [1.54, 1.807) is 11.3 Å². The van der Waals surface area contributed by atoms with Gasteiger partial charge in [0.25, 0.3) is 0 Å². The van der Waals surface area contributed by atoms with Crippen molar-refractivity contribution in [2.45, 2.75) is 13.0 Å². The van der Waals surface area contributed by atoms with Crippen LogP contribution in [0.2, 0.25) is 0 Å². The fourth-order valence-corrected chi connectivity index (χ4v) is 2.79. The van der Waals surface area contributed by atoms with E-state index in [1.165, 1.54) is 16.0 Å². The normalized spacial score (nSPS) is 11.9. The minimum Gasteiger partial charge on any atom is -0.324 e. The van der Waals surface area contributed by atoms with Crippen LogP contribution in [0, 0.1) is 0 Å². The monoisotopic (exact) mass is 317 g/mol. The number of nitrogens with two attached hydrogens (primary N) is 1. The predicted octanol–water partition coefficient (Wildman–Crippen LogP) is 4.62. The zero-order valence-electron chi connectivity index (χ0n) is 8.81. The van der Waals surface area contributed by atoms with Crippen LogP contribution in [-0.2, 0) is 0 Å². The Morgan fingerprint density at radius 3 is 2.62 bits per heavy atom. The summed E-state index contributed by atoms with van der Waals surface area (Å²) in [4.78, 5) is 1.27. The molecule has 1 nitrogen and oxygen atoms in total. The molecule has 16 heavy (non-hydrogen) atoms. The van der Waals surface area contributed by atoms with Crippen LogP contribution >= 0.6 is 39.7 Å². The minimum absolute atomic E-state index is 0. The maximum Gasteiger partial charge on any atom is 0.0354 e. The average molecular weight is 319 g/mol. The van der Waals surface area contributed by atoms with Crippen LogP contribution in [-0.4, -0.2) is 0 Å². The van der Waals surface area contributed by atoms with Gasteiger partial charge in [0.2, 0.25) is 0 Å². The molecule has 0 saturated heterocycles. The Morgan fingerprint density at radius 2 is 2.06 bits per heavy atom. The lowest BCUT2D eigenvalue weighted by molar-refractivity contribution is 0.818. The molecule has 0 aliphatic rings. The summed E-state index contributed by atoms with van der Waals surface area (Å²) in [5, 5.41) is 2.08. The predicted molar refractivity (Wildman–Crippen MR) is 77.3 cm³/mol. The fraction of sp³-hybridized carbons (Fsp3) is 0.167. The number of benzene rings is 1. The van der Waals surface area contributed by atoms with Crippen molar-refractivity contribution in [3.05, 3.63) is 45.7 Å². The Kier molecular flexibility index (Phi) is 4.99. The summed E-state index contributed by atoms with van der Waals surface area (Å²) in [6, 6.07) is 10.5. The molecule has 0 saturated carbocycles. The molecule has 0 amide bonds. The quantitative estimate of drug-likeness (QED) is 0.859. The van der Waals surface area contributed by atoms with Crippen LogP contribution in [0.1, 0.15) is 18.5 Å². The van der Waals surface area contributed by atoms with Gasteiger partial charge in [0, 0.05) is 21.0 Å². The molecule has 4 heteroatoms. The van der Waals surface area contributed by atoms with E-state index in [1.807, 2.05) is 6.92 Å². The maximum atomic E-state index is 5.87. The first kappa shape index (κ1) is 13.7. The Morgan fingerprint density at radius 1 is 1.31 bits per heavy atom. The zero-order chi connectivity index (χ0) is 10.8. The Bertz CT molecular complexity index is 454. The second-order valence-electron chi connectivity index (χ2n) is 3.51. The third kappa shape index (κ3) is 2.86. The highest BCUT2D eigenvalue weighted by molar-refractivity contribution is 9.10. The maximum absolute atomic E-state index is 5.87. The van der Waals surface area contributed by atoms with Gasteiger partial charge < -0.3 is 5.73 Å². The lowest BCUT2D eigenvalue weighted by Crippen LogP contribution is -2.04. The second kappa shape index (κ2) is 5.82. The highest BCUT2D eigenvalue weighted by atomic mass is 79.9. The van der Waals surface area contributed by atoms with E-state index >= 15 is 0 Å². The van der Waals surface area contributed by atoms with Crippen molar-refractivity contribution < 1.29 is 0 Å². The molecule has 0 aliphatic carbocycles. The van der Waals surface area contributed by atoms with Gasteiger partial charge >= 0.3 is 0 Å². The van der Waals surface area contributed by atoms with Gasteiger partial charge in [-0.1, -0.05) is 28.1 Å². The van der Waals surface area contributed by atoms with Crippen LogP contribution in [0.5, 0.6) is 0 Å². The molecule has 0 fully saturated rings. The summed E-state index contributed by atoms with van der Waals surface area (Å²) in [5.74, 6) is 0. The molecule has 1 aromatic heterocycles. The van der Waals surface area contributed by atoms with Crippen LogP contribution in [0.3, 0.4) is 0 Å². The molecule has 2 N–H and O–H groups in total. The summed E-state index contributed by atoms with van der Waals surface area (Å²) in [7, 11) is 0. The number of thiophene rings is 1. The van der Waals surface area contributed by atoms with Gasteiger partial charge in [0.1, 0.15) is 0 Å². The topological polar surface area (TPSA) is 26.0 Å². The van der Waals surface area contributed by atoms with Crippen LogP contribution in [0.4, 0.5) is 0 Å². The highest BCUT2D eigenvalue weighted by Gasteiger charge is 2.07. The molecule has 1 heterocycles. The molecule has 0 radical (unpaired) electrons. The lowest BCUT2D eigenvalue weighted by Gasteiger charge is -2.09. The summed E-state index contributed by atoms with van der Waals surface area (Å²) in [6.45, 7) is 2.00. The van der Waals surface area contributed by atoms with E-state index in [0.29, 0.717) is 0 Å². The Balaban J connectivity index is 0.00000128. The summed E-state index contributed by atoms with van der Waals surface area (Å²) in [6.07, 6.45) is 0. The first-order chi connectivity index (χ1) is 7.18. The SMILES string of the molecule is C[C@@H](N)c1ccc(Br)c(-c2cccs2)c1.Cl. The third-order valence-electron chi connectivity index (χ3n) is 2.30. The first-order valence-electron chi connectivity index (χ1n) is 4.77. The molecule has 86 valence electrons. The van der Waals surface area contributed by atoms with Crippen molar-refractivity contribution in [2.75, 3.05) is 0 Å². The summed E-state index contributed by atoms with van der Waals surface area (Å²) < 4.78 is 1.12. The Labute approximate surface area is 114 Å². The molecular weight excluding hydrogens is 306 g/mol. The van der Waals surface area contributed by atoms with Gasteiger partial charge in [-0.15, -0.1) is 23.7 Å². The summed E-state index contributed by atoms with van der Waals surface area (Å²) >= 11 is 5.31. The number of hydrogen-bond acceptors (Lipinski definition) is 2. The van der Waals surface area contributed by atoms with E-state index in [0.717, 1.165) is 4.47 Å². The van der Waals surface area contributed by atoms with Gasteiger partial charge in [-0.05, 0) is 36.1 Å². The van der Waals surface area contributed by atoms with Gasteiger partial charge in [-0.3, -0.25) is 0 Å². The second-order valence-corrected chi connectivity index (χ2v) is 5.31. The summed E-state index contributed by atoms with van der Waals surface area (Å²) in [5.41, 5.74) is 8.26. The first-order valence-corrected chi connectivity index (χ1v) is 6.44. The van der Waals surface area contributed by atoms with E-state index in [-0.39, 0.29) is 18.4 Å². The van der Waals surface area contributed by atoms with E-state index in [2.05, 4.69) is 51.6 Å². The van der Waals surface area contributed by atoms with Crippen LogP contribution in [0.25, 0.3) is 10.4 Å². The number of hydrogen-bond donors (Lipinski definition) is 1. The molecule has 1 aromatic carbocycles. The smallest absolute Gasteiger partial charge is 0.0354 e. The van der Waals surface area contributed by atoms with Gasteiger partial charge in [-0.2, -0.15) is 0 Å². The van der Waals surface area contributed by atoms with Crippen molar-refractivity contribution >= 4 is 39.7 Å². The molecule has 2 aromatic rings. The van der Waals surface area contributed by atoms with E-state index in [9.17, 15) is 0 Å². The van der Waals surface area contributed by atoms with E-state index in [4.69, 9.17) is 5.73 Å². The van der Waals surface area contributed by atoms with Crippen molar-refractivity contribution in [2.24, 2.45) is 5.73 Å². The number of halogens is 2. The van der Waals surface area contributed by atoms with Crippen LogP contribution < -0.4 is 5.73 Å². The molecule has 0 bridgehead atoms. The van der Waals surface area contributed by atoms with Crippen molar-refractivity contribution in [1.29, 1.82) is 0 Å². The average Bonchev–Trinajstić information content (AvgIpc) is 2.71. The molecule has 0 aliphatic heterocycles. The molecule has 0 spiro atoms. The van der Waals surface area contributed by atoms with Crippen molar-refractivity contribution in [1.82, 2.24) is 0 Å². The van der Waals surface area contributed by atoms with Gasteiger partial charge in [-0.25, -0.2) is 0 Å². The zero-order valence-corrected chi connectivity index (χ0v) is 12.0.